The number of aliphatic carboxylic acids is 1. The van der Waals surface area contributed by atoms with Crippen LogP contribution in [0.25, 0.3) is 0 Å². The Bertz CT molecular complexity index is 527. The predicted molar refractivity (Wildman–Crippen MR) is 73.9 cm³/mol. The molecule has 1 aromatic rings. The molecule has 0 aromatic heterocycles. The van der Waals surface area contributed by atoms with Gasteiger partial charge in [-0.2, -0.15) is 0 Å². The summed E-state index contributed by atoms with van der Waals surface area (Å²) in [6.45, 7) is 4.71. The third-order valence-corrected chi connectivity index (χ3v) is 3.71. The number of aryl methyl sites for hydroxylation is 2. The molecule has 0 spiro atoms. The summed E-state index contributed by atoms with van der Waals surface area (Å²) >= 11 is 0. The minimum Gasteiger partial charge on any atom is -0.481 e. The number of amides is 1. The second-order valence-corrected chi connectivity index (χ2v) is 5.24. The molecule has 1 atom stereocenters. The van der Waals surface area contributed by atoms with Crippen LogP contribution < -0.4 is 4.74 Å². The smallest absolute Gasteiger partial charge is 0.415 e. The van der Waals surface area contributed by atoms with Crippen molar-refractivity contribution in [2.75, 3.05) is 13.1 Å². The van der Waals surface area contributed by atoms with Crippen molar-refractivity contribution in [3.05, 3.63) is 29.3 Å². The van der Waals surface area contributed by atoms with Crippen LogP contribution in [0.5, 0.6) is 5.75 Å². The second-order valence-electron chi connectivity index (χ2n) is 5.24. The molecule has 1 heterocycles. The molecule has 1 aliphatic heterocycles. The minimum absolute atomic E-state index is 0.221. The van der Waals surface area contributed by atoms with Crippen LogP contribution >= 0.6 is 0 Å². The van der Waals surface area contributed by atoms with Crippen molar-refractivity contribution in [3.63, 3.8) is 0 Å². The highest BCUT2D eigenvalue weighted by atomic mass is 16.6. The number of carbonyl (C=O) groups excluding carboxylic acids is 1. The van der Waals surface area contributed by atoms with E-state index in [4.69, 9.17) is 9.84 Å². The van der Waals surface area contributed by atoms with E-state index in [1.165, 1.54) is 4.90 Å². The largest absolute Gasteiger partial charge is 0.481 e. The minimum atomic E-state index is -0.853. The number of carboxylic acids is 1. The van der Waals surface area contributed by atoms with Gasteiger partial charge in [0, 0.05) is 13.1 Å². The van der Waals surface area contributed by atoms with Gasteiger partial charge in [0.05, 0.1) is 5.92 Å². The van der Waals surface area contributed by atoms with Gasteiger partial charge in [0.15, 0.2) is 0 Å². The van der Waals surface area contributed by atoms with Gasteiger partial charge in [0.1, 0.15) is 5.75 Å². The monoisotopic (exact) mass is 277 g/mol. The van der Waals surface area contributed by atoms with Gasteiger partial charge in [0.2, 0.25) is 0 Å². The van der Waals surface area contributed by atoms with E-state index in [2.05, 4.69) is 0 Å². The van der Waals surface area contributed by atoms with Crippen molar-refractivity contribution in [2.24, 2.45) is 5.92 Å². The van der Waals surface area contributed by atoms with E-state index in [1.807, 2.05) is 26.0 Å². The maximum atomic E-state index is 12.0. The first-order chi connectivity index (χ1) is 9.47. The first kappa shape index (κ1) is 14.4. The number of carbonyl (C=O) groups is 2. The lowest BCUT2D eigenvalue weighted by atomic mass is 9.99. The van der Waals surface area contributed by atoms with E-state index < -0.39 is 18.0 Å². The van der Waals surface area contributed by atoms with Crippen LogP contribution in [-0.4, -0.2) is 35.2 Å². The summed E-state index contributed by atoms with van der Waals surface area (Å²) in [5, 5.41) is 9.02. The zero-order valence-electron chi connectivity index (χ0n) is 11.8. The van der Waals surface area contributed by atoms with E-state index in [1.54, 1.807) is 6.07 Å². The predicted octanol–water partition coefficient (Wildman–Crippen LogP) is 2.60. The molecule has 5 heteroatoms. The van der Waals surface area contributed by atoms with Gasteiger partial charge in [-0.25, -0.2) is 4.79 Å². The van der Waals surface area contributed by atoms with Crippen LogP contribution in [0.4, 0.5) is 4.79 Å². The molecular weight excluding hydrogens is 258 g/mol. The zero-order chi connectivity index (χ0) is 14.7. The fourth-order valence-electron chi connectivity index (χ4n) is 2.29. The van der Waals surface area contributed by atoms with Gasteiger partial charge < -0.3 is 14.7 Å². The molecule has 1 aromatic carbocycles. The Kier molecular flexibility index (Phi) is 4.27. The molecule has 0 aliphatic carbocycles. The number of ether oxygens (including phenoxy) is 1. The second kappa shape index (κ2) is 5.94. The molecule has 1 saturated heterocycles. The number of benzene rings is 1. The normalized spacial score (nSPS) is 18.7. The Hall–Kier alpha value is -2.04. The van der Waals surface area contributed by atoms with Crippen LogP contribution in [0.1, 0.15) is 24.0 Å². The summed E-state index contributed by atoms with van der Waals surface area (Å²) in [5.41, 5.74) is 2.19. The van der Waals surface area contributed by atoms with Gasteiger partial charge in [-0.1, -0.05) is 6.07 Å². The Balaban J connectivity index is 2.00. The average Bonchev–Trinajstić information content (AvgIpc) is 2.43. The summed E-state index contributed by atoms with van der Waals surface area (Å²) in [6, 6.07) is 5.46. The van der Waals surface area contributed by atoms with Crippen molar-refractivity contribution in [2.45, 2.75) is 26.7 Å². The zero-order valence-corrected chi connectivity index (χ0v) is 11.8. The van der Waals surface area contributed by atoms with Crippen LogP contribution in [0, 0.1) is 19.8 Å². The molecule has 108 valence electrons. The van der Waals surface area contributed by atoms with E-state index in [0.29, 0.717) is 25.1 Å². The highest BCUT2D eigenvalue weighted by Gasteiger charge is 2.29. The SMILES string of the molecule is Cc1ccc(OC(=O)N2CCCC(C(=O)O)C2)cc1C. The average molecular weight is 277 g/mol. The topological polar surface area (TPSA) is 66.8 Å². The third kappa shape index (κ3) is 3.29. The molecular formula is C15H19NO4. The molecule has 0 bridgehead atoms. The van der Waals surface area contributed by atoms with Crippen molar-refractivity contribution >= 4 is 12.1 Å². The fraction of sp³-hybridized carbons (Fsp3) is 0.467. The summed E-state index contributed by atoms with van der Waals surface area (Å²) < 4.78 is 5.31. The van der Waals surface area contributed by atoms with Crippen LogP contribution in [0.2, 0.25) is 0 Å². The van der Waals surface area contributed by atoms with Crippen LogP contribution in [0.15, 0.2) is 18.2 Å². The van der Waals surface area contributed by atoms with E-state index in [9.17, 15) is 9.59 Å². The summed E-state index contributed by atoms with van der Waals surface area (Å²) in [7, 11) is 0. The lowest BCUT2D eigenvalue weighted by Crippen LogP contribution is -2.43. The molecule has 1 aliphatic rings. The standard InChI is InChI=1S/C15H19NO4/c1-10-5-6-13(8-11(10)2)20-15(19)16-7-3-4-12(9-16)14(17)18/h5-6,8,12H,3-4,7,9H2,1-2H3,(H,17,18). The molecule has 0 saturated carbocycles. The van der Waals surface area contributed by atoms with Gasteiger partial charge in [0.25, 0.3) is 0 Å². The Morgan fingerprint density at radius 3 is 2.70 bits per heavy atom. The van der Waals surface area contributed by atoms with Gasteiger partial charge in [-0.05, 0) is 49.9 Å². The van der Waals surface area contributed by atoms with Crippen molar-refractivity contribution in [1.29, 1.82) is 0 Å². The number of rotatable bonds is 2. The maximum Gasteiger partial charge on any atom is 0.415 e. The molecule has 2 rings (SSSR count). The maximum absolute atomic E-state index is 12.0. The number of piperidine rings is 1. The molecule has 20 heavy (non-hydrogen) atoms. The van der Waals surface area contributed by atoms with E-state index in [-0.39, 0.29) is 6.54 Å². The third-order valence-electron chi connectivity index (χ3n) is 3.71. The highest BCUT2D eigenvalue weighted by Crippen LogP contribution is 2.20. The van der Waals surface area contributed by atoms with E-state index in [0.717, 1.165) is 11.1 Å². The lowest BCUT2D eigenvalue weighted by molar-refractivity contribution is -0.143. The number of likely N-dealkylation sites (tertiary alicyclic amines) is 1. The quantitative estimate of drug-likeness (QED) is 0.902. The Labute approximate surface area is 118 Å². The lowest BCUT2D eigenvalue weighted by Gasteiger charge is -2.29. The first-order valence-corrected chi connectivity index (χ1v) is 6.74. The molecule has 1 amide bonds. The van der Waals surface area contributed by atoms with Crippen molar-refractivity contribution in [3.8, 4) is 5.75 Å². The Morgan fingerprint density at radius 2 is 2.05 bits per heavy atom. The summed E-state index contributed by atoms with van der Waals surface area (Å²) in [4.78, 5) is 24.5. The van der Waals surface area contributed by atoms with Crippen molar-refractivity contribution in [1.82, 2.24) is 4.90 Å². The number of carboxylic acid groups (broad SMARTS) is 1. The highest BCUT2D eigenvalue weighted by molar-refractivity contribution is 5.74. The number of hydrogen-bond donors (Lipinski definition) is 1. The molecule has 0 radical (unpaired) electrons. The summed E-state index contributed by atoms with van der Waals surface area (Å²) in [5.74, 6) is -0.847. The van der Waals surface area contributed by atoms with Crippen LogP contribution in [-0.2, 0) is 4.79 Å². The Morgan fingerprint density at radius 1 is 1.30 bits per heavy atom. The number of hydrogen-bond acceptors (Lipinski definition) is 3. The molecule has 5 nitrogen and oxygen atoms in total. The molecule has 1 N–H and O–H groups in total. The molecule has 1 unspecified atom stereocenters. The van der Waals surface area contributed by atoms with Crippen LogP contribution in [0.3, 0.4) is 0 Å². The fourth-order valence-corrected chi connectivity index (χ4v) is 2.29. The van der Waals surface area contributed by atoms with Gasteiger partial charge in [-0.3, -0.25) is 4.79 Å². The van der Waals surface area contributed by atoms with Gasteiger partial charge in [-0.15, -0.1) is 0 Å². The first-order valence-electron chi connectivity index (χ1n) is 6.74. The van der Waals surface area contributed by atoms with E-state index >= 15 is 0 Å². The molecule has 1 fully saturated rings. The number of nitrogens with zero attached hydrogens (tertiary/aromatic N) is 1. The van der Waals surface area contributed by atoms with Crippen molar-refractivity contribution < 1.29 is 19.4 Å². The van der Waals surface area contributed by atoms with Gasteiger partial charge >= 0.3 is 12.1 Å². The summed E-state index contributed by atoms with van der Waals surface area (Å²) in [6.07, 6.45) is 0.834.